The second kappa shape index (κ2) is 11.5. The third kappa shape index (κ3) is 5.13. The van der Waals surface area contributed by atoms with Gasteiger partial charge in [-0.3, -0.25) is 24.1 Å². The quantitative estimate of drug-likeness (QED) is 0.371. The van der Waals surface area contributed by atoms with E-state index in [9.17, 15) is 19.2 Å². The van der Waals surface area contributed by atoms with E-state index in [1.54, 1.807) is 36.0 Å². The van der Waals surface area contributed by atoms with Crippen molar-refractivity contribution in [3.63, 3.8) is 0 Å². The van der Waals surface area contributed by atoms with Crippen LogP contribution in [-0.4, -0.2) is 46.6 Å². The summed E-state index contributed by atoms with van der Waals surface area (Å²) < 4.78 is 0. The molecule has 196 valence electrons. The van der Waals surface area contributed by atoms with E-state index in [4.69, 9.17) is 0 Å². The molecule has 38 heavy (non-hydrogen) atoms. The average molecular weight is 548 g/mol. The summed E-state index contributed by atoms with van der Waals surface area (Å²) in [6, 6.07) is 15.3. The Balaban J connectivity index is 1.42. The molecule has 1 aromatic heterocycles. The maximum Gasteiger partial charge on any atom is 0.262 e. The predicted molar refractivity (Wildman–Crippen MR) is 151 cm³/mol. The maximum absolute atomic E-state index is 13.7. The fourth-order valence-electron chi connectivity index (χ4n) is 5.05. The van der Waals surface area contributed by atoms with Crippen molar-refractivity contribution in [2.45, 2.75) is 44.7 Å². The molecular weight excluding hydrogens is 518 g/mol. The Kier molecular flexibility index (Phi) is 7.95. The van der Waals surface area contributed by atoms with Crippen LogP contribution in [0.15, 0.2) is 54.6 Å². The Hall–Kier alpha value is -3.43. The average Bonchev–Trinajstić information content (AvgIpc) is 3.43. The molecule has 0 bridgehead atoms. The third-order valence-electron chi connectivity index (χ3n) is 6.97. The molecule has 0 fully saturated rings. The van der Waals surface area contributed by atoms with Crippen LogP contribution in [-0.2, 0) is 24.2 Å². The molecule has 4 amide bonds. The summed E-state index contributed by atoms with van der Waals surface area (Å²) in [6.45, 7) is 0.378. The number of nitrogens with zero attached hydrogens (tertiary/aromatic N) is 1. The van der Waals surface area contributed by atoms with E-state index in [0.717, 1.165) is 46.6 Å². The maximum atomic E-state index is 13.7. The summed E-state index contributed by atoms with van der Waals surface area (Å²) in [6.07, 6.45) is 5.91. The summed E-state index contributed by atoms with van der Waals surface area (Å²) in [5.41, 5.74) is 3.10. The second-order valence-corrected chi connectivity index (χ2v) is 11.5. The van der Waals surface area contributed by atoms with E-state index in [0.29, 0.717) is 40.4 Å². The molecule has 2 N–H and O–H groups in total. The van der Waals surface area contributed by atoms with Gasteiger partial charge in [0.05, 0.1) is 16.7 Å². The Morgan fingerprint density at radius 3 is 2.32 bits per heavy atom. The third-order valence-corrected chi connectivity index (χ3v) is 8.82. The van der Waals surface area contributed by atoms with Crippen molar-refractivity contribution >= 4 is 51.7 Å². The Morgan fingerprint density at radius 2 is 1.63 bits per heavy atom. The molecule has 0 saturated heterocycles. The van der Waals surface area contributed by atoms with Gasteiger partial charge in [0, 0.05) is 11.4 Å². The van der Waals surface area contributed by atoms with Crippen LogP contribution >= 0.6 is 23.1 Å². The number of hydrogen-bond acceptors (Lipinski definition) is 6. The molecule has 1 aliphatic carbocycles. The van der Waals surface area contributed by atoms with Crippen LogP contribution in [0.2, 0.25) is 0 Å². The van der Waals surface area contributed by atoms with Crippen LogP contribution in [0.5, 0.6) is 0 Å². The molecule has 9 heteroatoms. The molecule has 1 atom stereocenters. The molecule has 0 saturated carbocycles. The fourth-order valence-corrected chi connectivity index (χ4v) is 6.80. The molecular formula is C29H29N3O4S2. The van der Waals surface area contributed by atoms with Crippen molar-refractivity contribution in [3.05, 3.63) is 87.3 Å². The lowest BCUT2D eigenvalue weighted by molar-refractivity contribution is -0.120. The number of amides is 4. The number of carbonyl (C=O) groups excluding carboxylic acids is 4. The monoisotopic (exact) mass is 547 g/mol. The van der Waals surface area contributed by atoms with E-state index in [1.165, 1.54) is 11.3 Å². The van der Waals surface area contributed by atoms with Gasteiger partial charge in [-0.25, -0.2) is 0 Å². The van der Waals surface area contributed by atoms with Crippen LogP contribution in [0.4, 0.5) is 5.00 Å². The van der Waals surface area contributed by atoms with Crippen LogP contribution < -0.4 is 10.6 Å². The zero-order valence-corrected chi connectivity index (χ0v) is 22.8. The van der Waals surface area contributed by atoms with Crippen molar-refractivity contribution in [2.24, 2.45) is 0 Å². The van der Waals surface area contributed by atoms with Crippen molar-refractivity contribution in [2.75, 3.05) is 17.3 Å². The lowest BCUT2D eigenvalue weighted by atomic mass is 9.95. The van der Waals surface area contributed by atoms with E-state index in [1.807, 2.05) is 36.6 Å². The van der Waals surface area contributed by atoms with Crippen LogP contribution in [0.25, 0.3) is 0 Å². The van der Waals surface area contributed by atoms with Gasteiger partial charge < -0.3 is 10.6 Å². The highest BCUT2D eigenvalue weighted by atomic mass is 32.2. The number of thiophene rings is 1. The normalized spacial score (nSPS) is 15.1. The standard InChI is InChI=1S/C29H29N3O4S2/c1-37-16-15-22(32-28(35)19-11-5-6-12-20(19)29(32)36)25(33)31-27-24(21-13-7-8-14-23(21)38-27)26(34)30-17-18-9-3-2-4-10-18/h2-6,9-12,22H,7-8,13-17H2,1H3,(H,30,34)(H,31,33). The Morgan fingerprint density at radius 1 is 0.974 bits per heavy atom. The fraction of sp³-hybridized carbons (Fsp3) is 0.310. The highest BCUT2D eigenvalue weighted by molar-refractivity contribution is 7.98. The minimum atomic E-state index is -0.978. The van der Waals surface area contributed by atoms with Gasteiger partial charge in [0.15, 0.2) is 0 Å². The zero-order valence-electron chi connectivity index (χ0n) is 21.1. The van der Waals surface area contributed by atoms with Gasteiger partial charge in [-0.2, -0.15) is 11.8 Å². The van der Waals surface area contributed by atoms with Gasteiger partial charge in [-0.05, 0) is 67.4 Å². The second-order valence-electron chi connectivity index (χ2n) is 9.40. The molecule has 3 aromatic rings. The van der Waals surface area contributed by atoms with Crippen LogP contribution in [0, 0.1) is 0 Å². The number of rotatable bonds is 9. The molecule has 2 aliphatic rings. The number of benzene rings is 2. The molecule has 7 nitrogen and oxygen atoms in total. The van der Waals surface area contributed by atoms with Crippen molar-refractivity contribution in [1.29, 1.82) is 0 Å². The van der Waals surface area contributed by atoms with Gasteiger partial charge in [-0.1, -0.05) is 42.5 Å². The first-order chi connectivity index (χ1) is 18.5. The highest BCUT2D eigenvalue weighted by Gasteiger charge is 2.42. The molecule has 0 radical (unpaired) electrons. The number of carbonyl (C=O) groups is 4. The van der Waals surface area contributed by atoms with Crippen LogP contribution in [0.1, 0.15) is 66.3 Å². The first-order valence-electron chi connectivity index (χ1n) is 12.7. The number of fused-ring (bicyclic) bond motifs is 2. The number of imide groups is 1. The lowest BCUT2D eigenvalue weighted by Gasteiger charge is -2.25. The summed E-state index contributed by atoms with van der Waals surface area (Å²) in [7, 11) is 0. The van der Waals surface area contributed by atoms with Gasteiger partial charge in [0.25, 0.3) is 17.7 Å². The molecule has 2 aromatic carbocycles. The summed E-state index contributed by atoms with van der Waals surface area (Å²) in [4.78, 5) is 55.7. The van der Waals surface area contributed by atoms with E-state index in [-0.39, 0.29) is 5.91 Å². The van der Waals surface area contributed by atoms with Crippen molar-refractivity contribution in [3.8, 4) is 0 Å². The summed E-state index contributed by atoms with van der Waals surface area (Å²) in [5.74, 6) is -1.01. The number of thioether (sulfide) groups is 1. The minimum Gasteiger partial charge on any atom is -0.348 e. The minimum absolute atomic E-state index is 0.232. The van der Waals surface area contributed by atoms with Gasteiger partial charge in [-0.15, -0.1) is 11.3 Å². The zero-order chi connectivity index (χ0) is 26.6. The van der Waals surface area contributed by atoms with Gasteiger partial charge in [0.2, 0.25) is 5.91 Å². The van der Waals surface area contributed by atoms with E-state index in [2.05, 4.69) is 10.6 Å². The van der Waals surface area contributed by atoms with Crippen molar-refractivity contribution < 1.29 is 19.2 Å². The predicted octanol–water partition coefficient (Wildman–Crippen LogP) is 4.91. The van der Waals surface area contributed by atoms with Crippen LogP contribution in [0.3, 0.4) is 0 Å². The molecule has 1 unspecified atom stereocenters. The van der Waals surface area contributed by atoms with Gasteiger partial charge >= 0.3 is 0 Å². The first-order valence-corrected chi connectivity index (χ1v) is 14.9. The van der Waals surface area contributed by atoms with Gasteiger partial charge in [0.1, 0.15) is 11.0 Å². The lowest BCUT2D eigenvalue weighted by Crippen LogP contribution is -2.47. The van der Waals surface area contributed by atoms with E-state index >= 15 is 0 Å². The largest absolute Gasteiger partial charge is 0.348 e. The number of anilines is 1. The number of hydrogen-bond donors (Lipinski definition) is 2. The Labute approximate surface area is 230 Å². The van der Waals surface area contributed by atoms with Crippen molar-refractivity contribution in [1.82, 2.24) is 10.2 Å². The number of nitrogens with one attached hydrogen (secondary N) is 2. The smallest absolute Gasteiger partial charge is 0.262 e. The highest BCUT2D eigenvalue weighted by Crippen LogP contribution is 2.38. The number of aryl methyl sites for hydroxylation is 1. The topological polar surface area (TPSA) is 95.6 Å². The summed E-state index contributed by atoms with van der Waals surface area (Å²) >= 11 is 2.97. The molecule has 0 spiro atoms. The summed E-state index contributed by atoms with van der Waals surface area (Å²) in [5, 5.41) is 6.45. The Bertz CT molecular complexity index is 1350. The molecule has 2 heterocycles. The first kappa shape index (κ1) is 26.2. The molecule has 1 aliphatic heterocycles. The SMILES string of the molecule is CSCCC(C(=O)Nc1sc2c(c1C(=O)NCc1ccccc1)CCCC2)N1C(=O)c2ccccc2C1=O. The molecule has 5 rings (SSSR count). The van der Waals surface area contributed by atoms with E-state index < -0.39 is 23.8 Å².